The molecule has 8 heteroatoms. The van der Waals surface area contributed by atoms with Gasteiger partial charge in [-0.25, -0.2) is 4.98 Å². The zero-order chi connectivity index (χ0) is 15.6. The van der Waals surface area contributed by atoms with E-state index >= 15 is 0 Å². The Balaban J connectivity index is 2.27. The lowest BCUT2D eigenvalue weighted by molar-refractivity contribution is -0.137. The van der Waals surface area contributed by atoms with Crippen LogP contribution in [0.1, 0.15) is 23.1 Å². The van der Waals surface area contributed by atoms with E-state index in [2.05, 4.69) is 15.5 Å². The molecule has 0 amide bonds. The Kier molecular flexibility index (Phi) is 4.17. The lowest BCUT2D eigenvalue weighted by Gasteiger charge is -2.08. The van der Waals surface area contributed by atoms with E-state index in [1.165, 1.54) is 23.5 Å². The number of aryl methyl sites for hydroxylation is 1. The molecule has 0 fully saturated rings. The van der Waals surface area contributed by atoms with Gasteiger partial charge in [-0.15, -0.1) is 0 Å². The highest BCUT2D eigenvalue weighted by atomic mass is 32.1. The Labute approximate surface area is 122 Å². The first kappa shape index (κ1) is 15.3. The van der Waals surface area contributed by atoms with Crippen LogP contribution in [-0.4, -0.2) is 15.9 Å². The van der Waals surface area contributed by atoms with Gasteiger partial charge in [-0.2, -0.15) is 13.2 Å². The molecule has 0 saturated carbocycles. The van der Waals surface area contributed by atoms with Gasteiger partial charge in [0.15, 0.2) is 5.13 Å². The molecule has 112 valence electrons. The van der Waals surface area contributed by atoms with Gasteiger partial charge >= 0.3 is 6.18 Å². The van der Waals surface area contributed by atoms with Gasteiger partial charge in [0.1, 0.15) is 0 Å². The van der Waals surface area contributed by atoms with E-state index in [9.17, 15) is 13.2 Å². The number of oxime groups is 1. The maximum Gasteiger partial charge on any atom is 0.416 e. The van der Waals surface area contributed by atoms with Crippen LogP contribution in [0.25, 0.3) is 0 Å². The minimum Gasteiger partial charge on any atom is -0.411 e. The Morgan fingerprint density at radius 1 is 1.38 bits per heavy atom. The predicted molar refractivity (Wildman–Crippen MR) is 75.6 cm³/mol. The molecule has 1 heterocycles. The van der Waals surface area contributed by atoms with Gasteiger partial charge in [0.2, 0.25) is 0 Å². The van der Waals surface area contributed by atoms with E-state index < -0.39 is 11.7 Å². The first-order chi connectivity index (χ1) is 9.81. The number of halogens is 3. The summed E-state index contributed by atoms with van der Waals surface area (Å²) in [6, 6.07) is 4.88. The summed E-state index contributed by atoms with van der Waals surface area (Å²) in [5.74, 6) is 0. The third-order valence-electron chi connectivity index (χ3n) is 2.72. The number of aromatic nitrogens is 1. The van der Waals surface area contributed by atoms with Crippen molar-refractivity contribution in [3.05, 3.63) is 40.4 Å². The van der Waals surface area contributed by atoms with Crippen molar-refractivity contribution in [2.24, 2.45) is 5.16 Å². The number of rotatable bonds is 3. The van der Waals surface area contributed by atoms with Gasteiger partial charge in [0, 0.05) is 5.69 Å². The van der Waals surface area contributed by atoms with Crippen LogP contribution in [0, 0.1) is 6.92 Å². The Bertz CT molecular complexity index is 680. The molecule has 0 saturated heterocycles. The molecule has 2 N–H and O–H groups in total. The van der Waals surface area contributed by atoms with Crippen molar-refractivity contribution in [3.63, 3.8) is 0 Å². The molecule has 2 aromatic rings. The smallest absolute Gasteiger partial charge is 0.411 e. The fraction of sp³-hybridized carbons (Fsp3) is 0.231. The Morgan fingerprint density at radius 2 is 2.10 bits per heavy atom. The largest absolute Gasteiger partial charge is 0.416 e. The minimum absolute atomic E-state index is 0.295. The van der Waals surface area contributed by atoms with Crippen LogP contribution in [0.5, 0.6) is 0 Å². The summed E-state index contributed by atoms with van der Waals surface area (Å²) in [6.45, 7) is 3.35. The van der Waals surface area contributed by atoms with E-state index in [1.807, 2.05) is 0 Å². The molecule has 4 nitrogen and oxygen atoms in total. The SMILES string of the molecule is C/C(=N/O)c1sc(Nc2cccc(C(F)(F)F)c2)nc1C. The van der Waals surface area contributed by atoms with Crippen molar-refractivity contribution in [1.82, 2.24) is 4.98 Å². The van der Waals surface area contributed by atoms with E-state index in [-0.39, 0.29) is 0 Å². The monoisotopic (exact) mass is 315 g/mol. The van der Waals surface area contributed by atoms with Crippen molar-refractivity contribution < 1.29 is 18.4 Å². The molecule has 0 atom stereocenters. The molecular formula is C13H12F3N3OS. The first-order valence-electron chi connectivity index (χ1n) is 5.92. The molecule has 1 aromatic carbocycles. The van der Waals surface area contributed by atoms with Gasteiger partial charge in [-0.05, 0) is 32.0 Å². The summed E-state index contributed by atoms with van der Waals surface area (Å²) in [5, 5.41) is 15.1. The van der Waals surface area contributed by atoms with Crippen LogP contribution in [0.4, 0.5) is 24.0 Å². The summed E-state index contributed by atoms with van der Waals surface area (Å²) in [5.41, 5.74) is 0.615. The molecule has 1 aromatic heterocycles. The fourth-order valence-electron chi connectivity index (χ4n) is 1.73. The minimum atomic E-state index is -4.39. The first-order valence-corrected chi connectivity index (χ1v) is 6.73. The van der Waals surface area contributed by atoms with Crippen molar-refractivity contribution >= 4 is 27.9 Å². The third-order valence-corrected chi connectivity index (χ3v) is 3.90. The third kappa shape index (κ3) is 3.52. The van der Waals surface area contributed by atoms with Gasteiger partial charge in [-0.3, -0.25) is 0 Å². The topological polar surface area (TPSA) is 57.5 Å². The number of hydrogen-bond donors (Lipinski definition) is 2. The lowest BCUT2D eigenvalue weighted by Crippen LogP contribution is -2.05. The van der Waals surface area contributed by atoms with Crippen LogP contribution < -0.4 is 5.32 Å². The Hall–Kier alpha value is -2.09. The molecule has 0 radical (unpaired) electrons. The maximum absolute atomic E-state index is 12.6. The highest BCUT2D eigenvalue weighted by Gasteiger charge is 2.30. The molecule has 2 rings (SSSR count). The zero-order valence-electron chi connectivity index (χ0n) is 11.2. The highest BCUT2D eigenvalue weighted by molar-refractivity contribution is 7.17. The molecule has 0 aliphatic carbocycles. The summed E-state index contributed by atoms with van der Waals surface area (Å²) in [4.78, 5) is 4.87. The van der Waals surface area contributed by atoms with Crippen molar-refractivity contribution in [1.29, 1.82) is 0 Å². The van der Waals surface area contributed by atoms with E-state index in [4.69, 9.17) is 5.21 Å². The van der Waals surface area contributed by atoms with Crippen LogP contribution in [0.2, 0.25) is 0 Å². The van der Waals surface area contributed by atoms with E-state index in [0.29, 0.717) is 27.1 Å². The van der Waals surface area contributed by atoms with Crippen molar-refractivity contribution in [3.8, 4) is 0 Å². The maximum atomic E-state index is 12.6. The van der Waals surface area contributed by atoms with Crippen LogP contribution in [0.3, 0.4) is 0 Å². The van der Waals surface area contributed by atoms with Gasteiger partial charge in [-0.1, -0.05) is 22.6 Å². The van der Waals surface area contributed by atoms with Crippen molar-refractivity contribution in [2.75, 3.05) is 5.32 Å². The number of benzene rings is 1. The quantitative estimate of drug-likeness (QED) is 0.501. The number of alkyl halides is 3. The molecule has 21 heavy (non-hydrogen) atoms. The van der Waals surface area contributed by atoms with Crippen LogP contribution >= 0.6 is 11.3 Å². The number of anilines is 2. The average molecular weight is 315 g/mol. The van der Waals surface area contributed by atoms with E-state index in [0.717, 1.165) is 12.1 Å². The standard InChI is InChI=1S/C13H12F3N3OS/c1-7-11(8(2)19-20)21-12(17-7)18-10-5-3-4-9(6-10)13(14,15)16/h3-6,20H,1-2H3,(H,17,18)/b19-8-. The summed E-state index contributed by atoms with van der Waals surface area (Å²) in [7, 11) is 0. The molecule has 0 aliphatic rings. The number of nitrogens with one attached hydrogen (secondary N) is 1. The van der Waals surface area contributed by atoms with Gasteiger partial charge in [0.05, 0.1) is 21.8 Å². The van der Waals surface area contributed by atoms with Gasteiger partial charge in [0.25, 0.3) is 0 Å². The molecule has 0 spiro atoms. The molecule has 0 unspecified atom stereocenters. The zero-order valence-corrected chi connectivity index (χ0v) is 12.0. The van der Waals surface area contributed by atoms with E-state index in [1.54, 1.807) is 13.8 Å². The molecular weight excluding hydrogens is 303 g/mol. The summed E-state index contributed by atoms with van der Waals surface area (Å²) in [6.07, 6.45) is -4.39. The summed E-state index contributed by atoms with van der Waals surface area (Å²) < 4.78 is 37.9. The lowest BCUT2D eigenvalue weighted by atomic mass is 10.2. The Morgan fingerprint density at radius 3 is 2.71 bits per heavy atom. The number of nitrogens with zero attached hydrogens (tertiary/aromatic N) is 2. The second-order valence-electron chi connectivity index (χ2n) is 4.32. The molecule has 0 aliphatic heterocycles. The summed E-state index contributed by atoms with van der Waals surface area (Å²) >= 11 is 1.21. The van der Waals surface area contributed by atoms with Crippen molar-refractivity contribution in [2.45, 2.75) is 20.0 Å². The average Bonchev–Trinajstić information content (AvgIpc) is 2.78. The molecule has 0 bridgehead atoms. The number of thiazole rings is 1. The fourth-order valence-corrected chi connectivity index (χ4v) is 2.65. The van der Waals surface area contributed by atoms with Crippen LogP contribution in [-0.2, 0) is 6.18 Å². The van der Waals surface area contributed by atoms with Crippen LogP contribution in [0.15, 0.2) is 29.4 Å². The normalized spacial score (nSPS) is 12.5. The highest BCUT2D eigenvalue weighted by Crippen LogP contribution is 2.32. The van der Waals surface area contributed by atoms with Gasteiger partial charge < -0.3 is 10.5 Å². The predicted octanol–water partition coefficient (Wildman–Crippen LogP) is 4.41. The second-order valence-corrected chi connectivity index (χ2v) is 5.32. The number of hydrogen-bond acceptors (Lipinski definition) is 5. The second kappa shape index (κ2) is 5.72.